The molecular weight excluding hydrogens is 238 g/mol. The van der Waals surface area contributed by atoms with Gasteiger partial charge in [-0.1, -0.05) is 13.3 Å². The molecule has 0 unspecified atom stereocenters. The van der Waals surface area contributed by atoms with Crippen LogP contribution in [0.3, 0.4) is 0 Å². The molecule has 1 aromatic rings. The van der Waals surface area contributed by atoms with Crippen LogP contribution in [0.25, 0.3) is 0 Å². The molecule has 19 heavy (non-hydrogen) atoms. The highest BCUT2D eigenvalue weighted by molar-refractivity contribution is 6.00. The molecule has 1 aliphatic rings. The molecule has 0 atom stereocenters. The lowest BCUT2D eigenvalue weighted by molar-refractivity contribution is 0.0828. The standard InChI is InChI=1S/C15H23N3O/c1-15(7-4-8-15)10-17-13-9-11(16)5-6-12(13)14(19)18(2)3/h5-6,9,17H,4,7-8,10,16H2,1-3H3. The minimum Gasteiger partial charge on any atom is -0.399 e. The van der Waals surface area contributed by atoms with Gasteiger partial charge in [-0.05, 0) is 36.5 Å². The van der Waals surface area contributed by atoms with Gasteiger partial charge in [0.25, 0.3) is 5.91 Å². The van der Waals surface area contributed by atoms with Crippen molar-refractivity contribution in [2.75, 3.05) is 31.7 Å². The van der Waals surface area contributed by atoms with Crippen molar-refractivity contribution in [2.24, 2.45) is 5.41 Å². The maximum absolute atomic E-state index is 12.1. The lowest BCUT2D eigenvalue weighted by Gasteiger charge is -2.39. The van der Waals surface area contributed by atoms with Gasteiger partial charge in [0.1, 0.15) is 0 Å². The summed E-state index contributed by atoms with van der Waals surface area (Å²) in [5.41, 5.74) is 8.39. The second-order valence-electron chi connectivity index (χ2n) is 6.02. The highest BCUT2D eigenvalue weighted by Crippen LogP contribution is 2.40. The van der Waals surface area contributed by atoms with Crippen LogP contribution >= 0.6 is 0 Å². The number of benzene rings is 1. The van der Waals surface area contributed by atoms with Gasteiger partial charge in [-0.2, -0.15) is 0 Å². The van der Waals surface area contributed by atoms with E-state index in [4.69, 9.17) is 5.73 Å². The predicted octanol–water partition coefficient (Wildman–Crippen LogP) is 2.57. The Morgan fingerprint density at radius 2 is 2.11 bits per heavy atom. The topological polar surface area (TPSA) is 58.4 Å². The second kappa shape index (κ2) is 5.11. The highest BCUT2D eigenvalue weighted by Gasteiger charge is 2.31. The fourth-order valence-electron chi connectivity index (χ4n) is 2.40. The van der Waals surface area contributed by atoms with Crippen LogP contribution in [0.4, 0.5) is 11.4 Å². The van der Waals surface area contributed by atoms with Crippen LogP contribution in [-0.2, 0) is 0 Å². The average Bonchev–Trinajstić information content (AvgIpc) is 2.33. The summed E-state index contributed by atoms with van der Waals surface area (Å²) in [5.74, 6) is 0.00117. The Labute approximate surface area is 115 Å². The molecule has 104 valence electrons. The molecule has 1 aromatic carbocycles. The number of carbonyl (C=O) groups is 1. The van der Waals surface area contributed by atoms with E-state index in [1.807, 2.05) is 6.07 Å². The van der Waals surface area contributed by atoms with Gasteiger partial charge >= 0.3 is 0 Å². The number of hydrogen-bond acceptors (Lipinski definition) is 3. The van der Waals surface area contributed by atoms with Crippen molar-refractivity contribution in [2.45, 2.75) is 26.2 Å². The number of nitrogens with two attached hydrogens (primary N) is 1. The van der Waals surface area contributed by atoms with Crippen molar-refractivity contribution < 1.29 is 4.79 Å². The van der Waals surface area contributed by atoms with Crippen LogP contribution in [0.2, 0.25) is 0 Å². The van der Waals surface area contributed by atoms with Gasteiger partial charge in [-0.15, -0.1) is 0 Å². The summed E-state index contributed by atoms with van der Waals surface area (Å²) < 4.78 is 0. The molecule has 1 aliphatic carbocycles. The molecule has 1 saturated carbocycles. The van der Waals surface area contributed by atoms with Gasteiger partial charge in [0.15, 0.2) is 0 Å². The zero-order chi connectivity index (χ0) is 14.0. The molecule has 0 saturated heterocycles. The first-order valence-electron chi connectivity index (χ1n) is 6.76. The van der Waals surface area contributed by atoms with Crippen LogP contribution in [0.5, 0.6) is 0 Å². The van der Waals surface area contributed by atoms with Crippen LogP contribution in [0.1, 0.15) is 36.5 Å². The molecule has 1 amide bonds. The first kappa shape index (κ1) is 13.7. The molecule has 4 heteroatoms. The van der Waals surface area contributed by atoms with E-state index in [1.165, 1.54) is 19.3 Å². The van der Waals surface area contributed by atoms with Gasteiger partial charge in [0.2, 0.25) is 0 Å². The minimum atomic E-state index is 0.00117. The van der Waals surface area contributed by atoms with E-state index in [9.17, 15) is 4.79 Å². The van der Waals surface area contributed by atoms with Crippen molar-refractivity contribution in [3.8, 4) is 0 Å². The Hall–Kier alpha value is -1.71. The first-order valence-corrected chi connectivity index (χ1v) is 6.76. The monoisotopic (exact) mass is 261 g/mol. The van der Waals surface area contributed by atoms with Gasteiger partial charge in [0, 0.05) is 32.0 Å². The van der Waals surface area contributed by atoms with Crippen LogP contribution in [0, 0.1) is 5.41 Å². The van der Waals surface area contributed by atoms with Gasteiger partial charge in [-0.25, -0.2) is 0 Å². The maximum Gasteiger partial charge on any atom is 0.255 e. The van der Waals surface area contributed by atoms with Crippen molar-refractivity contribution in [3.05, 3.63) is 23.8 Å². The first-order chi connectivity index (χ1) is 8.91. The number of hydrogen-bond donors (Lipinski definition) is 2. The quantitative estimate of drug-likeness (QED) is 0.819. The van der Waals surface area contributed by atoms with Crippen LogP contribution in [-0.4, -0.2) is 31.4 Å². The number of amides is 1. The fourth-order valence-corrected chi connectivity index (χ4v) is 2.40. The molecule has 0 radical (unpaired) electrons. The largest absolute Gasteiger partial charge is 0.399 e. The summed E-state index contributed by atoms with van der Waals surface area (Å²) in [4.78, 5) is 13.7. The molecule has 3 N–H and O–H groups in total. The zero-order valence-corrected chi connectivity index (χ0v) is 12.0. The Bertz CT molecular complexity index is 478. The van der Waals surface area contributed by atoms with E-state index in [0.29, 0.717) is 16.7 Å². The normalized spacial score (nSPS) is 16.6. The van der Waals surface area contributed by atoms with E-state index >= 15 is 0 Å². The Morgan fingerprint density at radius 1 is 1.42 bits per heavy atom. The van der Waals surface area contributed by atoms with Crippen LogP contribution in [0.15, 0.2) is 18.2 Å². The number of rotatable bonds is 4. The molecule has 0 aliphatic heterocycles. The fraction of sp³-hybridized carbons (Fsp3) is 0.533. The third-order valence-electron chi connectivity index (χ3n) is 3.95. The zero-order valence-electron chi connectivity index (χ0n) is 12.0. The maximum atomic E-state index is 12.1. The summed E-state index contributed by atoms with van der Waals surface area (Å²) >= 11 is 0. The lowest BCUT2D eigenvalue weighted by atomic mass is 9.70. The summed E-state index contributed by atoms with van der Waals surface area (Å²) in [5, 5.41) is 3.40. The van der Waals surface area contributed by atoms with Crippen LogP contribution < -0.4 is 11.1 Å². The van der Waals surface area contributed by atoms with Crippen molar-refractivity contribution in [1.29, 1.82) is 0 Å². The van der Waals surface area contributed by atoms with Crippen molar-refractivity contribution in [1.82, 2.24) is 4.90 Å². The molecule has 2 rings (SSSR count). The summed E-state index contributed by atoms with van der Waals surface area (Å²) in [6.07, 6.45) is 3.80. The van der Waals surface area contributed by atoms with Gasteiger partial charge < -0.3 is 16.0 Å². The van der Waals surface area contributed by atoms with Gasteiger partial charge in [0.05, 0.1) is 5.56 Å². The summed E-state index contributed by atoms with van der Waals surface area (Å²) in [6.45, 7) is 3.17. The molecular formula is C15H23N3O. The van der Waals surface area contributed by atoms with Crippen molar-refractivity contribution in [3.63, 3.8) is 0 Å². The lowest BCUT2D eigenvalue weighted by Crippen LogP contribution is -2.34. The molecule has 0 spiro atoms. The SMILES string of the molecule is CN(C)C(=O)c1ccc(N)cc1NCC1(C)CCC1. The van der Waals surface area contributed by atoms with E-state index in [2.05, 4.69) is 12.2 Å². The van der Waals surface area contributed by atoms with E-state index in [-0.39, 0.29) is 5.91 Å². The smallest absolute Gasteiger partial charge is 0.255 e. The highest BCUT2D eigenvalue weighted by atomic mass is 16.2. The molecule has 0 heterocycles. The number of nitrogens with one attached hydrogen (secondary N) is 1. The van der Waals surface area contributed by atoms with Crippen molar-refractivity contribution >= 4 is 17.3 Å². The molecule has 0 aromatic heterocycles. The Balaban J connectivity index is 2.17. The van der Waals surface area contributed by atoms with E-state index in [1.54, 1.807) is 31.1 Å². The number of carbonyl (C=O) groups excluding carboxylic acids is 1. The molecule has 1 fully saturated rings. The third kappa shape index (κ3) is 3.00. The summed E-state index contributed by atoms with van der Waals surface area (Å²) in [7, 11) is 3.52. The second-order valence-corrected chi connectivity index (χ2v) is 6.02. The number of anilines is 2. The predicted molar refractivity (Wildman–Crippen MR) is 79.3 cm³/mol. The summed E-state index contributed by atoms with van der Waals surface area (Å²) in [6, 6.07) is 5.41. The third-order valence-corrected chi connectivity index (χ3v) is 3.95. The molecule has 4 nitrogen and oxygen atoms in total. The average molecular weight is 261 g/mol. The van der Waals surface area contributed by atoms with E-state index in [0.717, 1.165) is 12.2 Å². The van der Waals surface area contributed by atoms with Gasteiger partial charge in [-0.3, -0.25) is 4.79 Å². The Kier molecular flexibility index (Phi) is 3.69. The minimum absolute atomic E-state index is 0.00117. The molecule has 0 bridgehead atoms. The number of nitrogen functional groups attached to an aromatic ring is 1. The van der Waals surface area contributed by atoms with E-state index < -0.39 is 0 Å². The number of nitrogens with zero attached hydrogens (tertiary/aromatic N) is 1. The Morgan fingerprint density at radius 3 is 2.63 bits per heavy atom.